The lowest BCUT2D eigenvalue weighted by Gasteiger charge is -2.53. The van der Waals surface area contributed by atoms with Crippen LogP contribution in [0.2, 0.25) is 0 Å². The summed E-state index contributed by atoms with van der Waals surface area (Å²) in [6.45, 7) is 2.33. The van der Waals surface area contributed by atoms with E-state index in [0.29, 0.717) is 5.41 Å². The number of rotatable bonds is 3. The van der Waals surface area contributed by atoms with Crippen molar-refractivity contribution >= 4 is 17.7 Å². The van der Waals surface area contributed by atoms with Gasteiger partial charge in [-0.3, -0.25) is 0 Å². The molecule has 1 aromatic rings. The van der Waals surface area contributed by atoms with Gasteiger partial charge in [0.25, 0.3) is 0 Å². The minimum absolute atomic E-state index is 0.575. The van der Waals surface area contributed by atoms with Crippen molar-refractivity contribution < 1.29 is 9.90 Å². The SMILES string of the molecule is O=C(O)/C=C/c1cccc(N2CC3(CCCCC3)C2)c1. The van der Waals surface area contributed by atoms with Crippen LogP contribution in [-0.4, -0.2) is 24.2 Å². The number of carboxylic acid groups (broad SMARTS) is 1. The molecule has 1 saturated carbocycles. The third-order valence-electron chi connectivity index (χ3n) is 4.62. The monoisotopic (exact) mass is 271 g/mol. The molecule has 3 nitrogen and oxygen atoms in total. The summed E-state index contributed by atoms with van der Waals surface area (Å²) in [5.74, 6) is -0.902. The largest absolute Gasteiger partial charge is 0.478 e. The number of carbonyl (C=O) groups is 1. The van der Waals surface area contributed by atoms with Gasteiger partial charge in [0, 0.05) is 30.3 Å². The van der Waals surface area contributed by atoms with E-state index in [0.717, 1.165) is 5.56 Å². The van der Waals surface area contributed by atoms with E-state index in [1.54, 1.807) is 6.08 Å². The van der Waals surface area contributed by atoms with E-state index < -0.39 is 5.97 Å². The van der Waals surface area contributed by atoms with Crippen molar-refractivity contribution in [2.75, 3.05) is 18.0 Å². The lowest BCUT2D eigenvalue weighted by atomic mass is 9.68. The predicted octanol–water partition coefficient (Wildman–Crippen LogP) is 3.55. The summed E-state index contributed by atoms with van der Waals surface area (Å²) in [5.41, 5.74) is 2.74. The van der Waals surface area contributed by atoms with Gasteiger partial charge in [-0.25, -0.2) is 4.79 Å². The first-order chi connectivity index (χ1) is 9.67. The fraction of sp³-hybridized carbons (Fsp3) is 0.471. The van der Waals surface area contributed by atoms with Crippen LogP contribution in [0.4, 0.5) is 5.69 Å². The summed E-state index contributed by atoms with van der Waals surface area (Å²) in [6, 6.07) is 8.14. The summed E-state index contributed by atoms with van der Waals surface area (Å²) in [6.07, 6.45) is 9.77. The van der Waals surface area contributed by atoms with E-state index >= 15 is 0 Å². The van der Waals surface area contributed by atoms with Gasteiger partial charge in [-0.2, -0.15) is 0 Å². The minimum Gasteiger partial charge on any atom is -0.478 e. The Morgan fingerprint density at radius 3 is 2.65 bits per heavy atom. The fourth-order valence-electron chi connectivity index (χ4n) is 3.56. The first-order valence-corrected chi connectivity index (χ1v) is 7.43. The summed E-state index contributed by atoms with van der Waals surface area (Å²) in [5, 5.41) is 8.68. The van der Waals surface area contributed by atoms with Crippen molar-refractivity contribution in [3.63, 3.8) is 0 Å². The Hall–Kier alpha value is -1.77. The van der Waals surface area contributed by atoms with Crippen molar-refractivity contribution in [2.45, 2.75) is 32.1 Å². The second-order valence-corrected chi connectivity index (χ2v) is 6.18. The number of carboxylic acids is 1. The number of hydrogen-bond donors (Lipinski definition) is 1. The van der Waals surface area contributed by atoms with E-state index in [1.165, 1.54) is 57.0 Å². The van der Waals surface area contributed by atoms with Crippen LogP contribution < -0.4 is 4.90 Å². The Balaban J connectivity index is 1.67. The van der Waals surface area contributed by atoms with E-state index in [2.05, 4.69) is 17.0 Å². The molecule has 3 heteroatoms. The second kappa shape index (κ2) is 5.31. The van der Waals surface area contributed by atoms with Crippen LogP contribution in [0.1, 0.15) is 37.7 Å². The maximum atomic E-state index is 10.6. The zero-order valence-electron chi connectivity index (χ0n) is 11.7. The molecule has 1 saturated heterocycles. The third kappa shape index (κ3) is 2.72. The van der Waals surface area contributed by atoms with Crippen LogP contribution in [0.5, 0.6) is 0 Å². The molecule has 106 valence electrons. The summed E-state index contributed by atoms with van der Waals surface area (Å²) < 4.78 is 0. The molecular formula is C17H21NO2. The summed E-state index contributed by atoms with van der Waals surface area (Å²) >= 11 is 0. The van der Waals surface area contributed by atoms with E-state index in [4.69, 9.17) is 5.11 Å². The van der Waals surface area contributed by atoms with E-state index in [9.17, 15) is 4.79 Å². The van der Waals surface area contributed by atoms with Crippen LogP contribution in [0.25, 0.3) is 6.08 Å². The molecular weight excluding hydrogens is 250 g/mol. The zero-order chi connectivity index (χ0) is 14.0. The Labute approximate surface area is 119 Å². The molecule has 1 spiro atoms. The normalized spacial score (nSPS) is 21.1. The highest BCUT2D eigenvalue weighted by molar-refractivity contribution is 5.85. The number of hydrogen-bond acceptors (Lipinski definition) is 2. The van der Waals surface area contributed by atoms with Crippen molar-refractivity contribution in [3.05, 3.63) is 35.9 Å². The molecule has 1 aromatic carbocycles. The molecule has 0 bridgehead atoms. The van der Waals surface area contributed by atoms with Gasteiger partial charge in [-0.05, 0) is 36.6 Å². The molecule has 0 aromatic heterocycles. The van der Waals surface area contributed by atoms with Crippen LogP contribution in [0.15, 0.2) is 30.3 Å². The quantitative estimate of drug-likeness (QED) is 0.855. The van der Waals surface area contributed by atoms with Gasteiger partial charge >= 0.3 is 5.97 Å². The van der Waals surface area contributed by atoms with Gasteiger partial charge in [0.15, 0.2) is 0 Å². The second-order valence-electron chi connectivity index (χ2n) is 6.18. The first-order valence-electron chi connectivity index (χ1n) is 7.43. The molecule has 0 atom stereocenters. The van der Waals surface area contributed by atoms with Gasteiger partial charge in [-0.15, -0.1) is 0 Å². The predicted molar refractivity (Wildman–Crippen MR) is 80.8 cm³/mol. The molecule has 1 aliphatic carbocycles. The topological polar surface area (TPSA) is 40.5 Å². The minimum atomic E-state index is -0.902. The first kappa shape index (κ1) is 13.2. The highest BCUT2D eigenvalue weighted by Crippen LogP contribution is 2.45. The number of aliphatic carboxylic acids is 1. The number of benzene rings is 1. The molecule has 1 aliphatic heterocycles. The Bertz CT molecular complexity index is 522. The van der Waals surface area contributed by atoms with Crippen molar-refractivity contribution in [1.82, 2.24) is 0 Å². The van der Waals surface area contributed by atoms with Gasteiger partial charge in [-0.1, -0.05) is 31.4 Å². The highest BCUT2D eigenvalue weighted by Gasteiger charge is 2.43. The molecule has 0 unspecified atom stereocenters. The molecule has 20 heavy (non-hydrogen) atoms. The van der Waals surface area contributed by atoms with Crippen LogP contribution in [0.3, 0.4) is 0 Å². The molecule has 1 heterocycles. The zero-order valence-corrected chi connectivity index (χ0v) is 11.7. The van der Waals surface area contributed by atoms with E-state index in [1.807, 2.05) is 12.1 Å². The van der Waals surface area contributed by atoms with E-state index in [-0.39, 0.29) is 0 Å². The smallest absolute Gasteiger partial charge is 0.328 e. The van der Waals surface area contributed by atoms with Crippen molar-refractivity contribution in [1.29, 1.82) is 0 Å². The van der Waals surface area contributed by atoms with Crippen LogP contribution in [0, 0.1) is 5.41 Å². The lowest BCUT2D eigenvalue weighted by molar-refractivity contribution is -0.131. The average Bonchev–Trinajstić information content (AvgIpc) is 2.44. The Kier molecular flexibility index (Phi) is 3.51. The molecule has 3 rings (SSSR count). The molecule has 0 radical (unpaired) electrons. The molecule has 1 N–H and O–H groups in total. The fourth-order valence-corrected chi connectivity index (χ4v) is 3.56. The van der Waals surface area contributed by atoms with Gasteiger partial charge in [0.05, 0.1) is 0 Å². The van der Waals surface area contributed by atoms with Gasteiger partial charge in [0.1, 0.15) is 0 Å². The third-order valence-corrected chi connectivity index (χ3v) is 4.62. The summed E-state index contributed by atoms with van der Waals surface area (Å²) in [7, 11) is 0. The highest BCUT2D eigenvalue weighted by atomic mass is 16.4. The molecule has 2 aliphatic rings. The molecule has 0 amide bonds. The lowest BCUT2D eigenvalue weighted by Crippen LogP contribution is -2.57. The average molecular weight is 271 g/mol. The van der Waals surface area contributed by atoms with Gasteiger partial charge in [0.2, 0.25) is 0 Å². The van der Waals surface area contributed by atoms with Crippen LogP contribution >= 0.6 is 0 Å². The maximum absolute atomic E-state index is 10.6. The standard InChI is InChI=1S/C17H21NO2/c19-16(20)8-7-14-5-4-6-15(11-14)18-12-17(13-18)9-2-1-3-10-17/h4-8,11H,1-3,9-10,12-13H2,(H,19,20)/b8-7+. The number of nitrogens with zero attached hydrogens (tertiary/aromatic N) is 1. The van der Waals surface area contributed by atoms with Crippen LogP contribution in [-0.2, 0) is 4.79 Å². The maximum Gasteiger partial charge on any atom is 0.328 e. The summed E-state index contributed by atoms with van der Waals surface area (Å²) in [4.78, 5) is 13.0. The number of anilines is 1. The van der Waals surface area contributed by atoms with Crippen molar-refractivity contribution in [2.24, 2.45) is 5.41 Å². The molecule has 2 fully saturated rings. The Morgan fingerprint density at radius 2 is 1.95 bits per heavy atom. The van der Waals surface area contributed by atoms with Crippen molar-refractivity contribution in [3.8, 4) is 0 Å². The Morgan fingerprint density at radius 1 is 1.20 bits per heavy atom. The van der Waals surface area contributed by atoms with Gasteiger partial charge < -0.3 is 10.0 Å².